The topological polar surface area (TPSA) is 35.0 Å². The van der Waals surface area contributed by atoms with Gasteiger partial charge in [0.25, 0.3) is 0 Å². The number of hydrogen-bond donors (Lipinski definition) is 0. The summed E-state index contributed by atoms with van der Waals surface area (Å²) in [5.41, 5.74) is 0.0164. The Morgan fingerprint density at radius 2 is 1.73 bits per heavy atom. The summed E-state index contributed by atoms with van der Waals surface area (Å²) in [4.78, 5) is 7.47. The van der Waals surface area contributed by atoms with Crippen molar-refractivity contribution in [2.45, 2.75) is 12.1 Å². The molecule has 2 rings (SSSR count). The molecular weight excluding hydrogens is 314 g/mol. The summed E-state index contributed by atoms with van der Waals surface area (Å²) in [6, 6.07) is 4.82. The summed E-state index contributed by atoms with van der Waals surface area (Å²) in [5, 5.41) is 0. The molecule has 118 valence electrons. The fourth-order valence-electron chi connectivity index (χ4n) is 1.44. The lowest BCUT2D eigenvalue weighted by Gasteiger charge is -2.19. The zero-order chi connectivity index (χ0) is 16.4. The van der Waals surface area contributed by atoms with Gasteiger partial charge in [0.1, 0.15) is 11.4 Å². The molecule has 0 saturated heterocycles. The first-order valence-electron chi connectivity index (χ1n) is 5.85. The molecule has 2 aromatic rings. The summed E-state index contributed by atoms with van der Waals surface area (Å²) < 4.78 is 79.1. The average Bonchev–Trinajstić information content (AvgIpc) is 2.45. The van der Waals surface area contributed by atoms with Gasteiger partial charge in [0, 0.05) is 6.20 Å². The molecule has 0 bridgehead atoms. The summed E-state index contributed by atoms with van der Waals surface area (Å²) in [6.45, 7) is -1.87. The van der Waals surface area contributed by atoms with E-state index in [4.69, 9.17) is 0 Å². The van der Waals surface area contributed by atoms with Gasteiger partial charge in [-0.1, -0.05) is 0 Å². The lowest BCUT2D eigenvalue weighted by molar-refractivity contribution is -0.290. The summed E-state index contributed by atoms with van der Waals surface area (Å²) in [5.74, 6) is -5.92. The Hall–Kier alpha value is -2.32. The third kappa shape index (κ3) is 3.46. The molecule has 0 radical (unpaired) electrons. The Labute approximate surface area is 120 Å². The highest BCUT2D eigenvalue weighted by Gasteiger charge is 2.58. The van der Waals surface area contributed by atoms with Gasteiger partial charge in [0.05, 0.1) is 11.9 Å². The monoisotopic (exact) mass is 322 g/mol. The highest BCUT2D eigenvalue weighted by molar-refractivity contribution is 5.54. The highest BCUT2D eigenvalue weighted by atomic mass is 19.4. The molecule has 0 aliphatic rings. The van der Waals surface area contributed by atoms with Crippen LogP contribution in [0.1, 0.15) is 0 Å². The standard InChI is InChI=1S/C13H8F6N2O/c14-9-2-1-5-20-11(9)10-4-3-8(6-21-10)22-7-12(15,16)13(17,18)19/h1-6H,7H2. The van der Waals surface area contributed by atoms with E-state index in [1.165, 1.54) is 18.3 Å². The molecule has 3 nitrogen and oxygen atoms in total. The third-order valence-electron chi connectivity index (χ3n) is 2.57. The lowest BCUT2D eigenvalue weighted by Crippen LogP contribution is -2.41. The summed E-state index contributed by atoms with van der Waals surface area (Å²) >= 11 is 0. The van der Waals surface area contributed by atoms with Crippen molar-refractivity contribution in [3.05, 3.63) is 42.5 Å². The summed E-state index contributed by atoms with van der Waals surface area (Å²) in [6.07, 6.45) is -3.46. The van der Waals surface area contributed by atoms with Crippen LogP contribution in [-0.2, 0) is 0 Å². The fourth-order valence-corrected chi connectivity index (χ4v) is 1.44. The Balaban J connectivity index is 2.09. The molecule has 0 aliphatic heterocycles. The van der Waals surface area contributed by atoms with Crippen molar-refractivity contribution in [1.82, 2.24) is 9.97 Å². The second-order valence-electron chi connectivity index (χ2n) is 4.20. The van der Waals surface area contributed by atoms with E-state index in [-0.39, 0.29) is 17.1 Å². The summed E-state index contributed by atoms with van der Waals surface area (Å²) in [7, 11) is 0. The van der Waals surface area contributed by atoms with Crippen molar-refractivity contribution >= 4 is 0 Å². The quantitative estimate of drug-likeness (QED) is 0.802. The number of hydrogen-bond acceptors (Lipinski definition) is 3. The van der Waals surface area contributed by atoms with E-state index in [1.807, 2.05) is 0 Å². The molecule has 22 heavy (non-hydrogen) atoms. The second kappa shape index (κ2) is 5.82. The Bertz CT molecular complexity index is 642. The maximum absolute atomic E-state index is 13.5. The molecule has 2 heterocycles. The minimum absolute atomic E-state index is 0.0744. The van der Waals surface area contributed by atoms with Crippen LogP contribution in [-0.4, -0.2) is 28.7 Å². The van der Waals surface area contributed by atoms with Crippen molar-refractivity contribution in [2.75, 3.05) is 6.61 Å². The zero-order valence-electron chi connectivity index (χ0n) is 10.7. The van der Waals surface area contributed by atoms with Crippen molar-refractivity contribution in [3.63, 3.8) is 0 Å². The molecule has 0 atom stereocenters. The average molecular weight is 322 g/mol. The number of aromatic nitrogens is 2. The van der Waals surface area contributed by atoms with Crippen LogP contribution in [0, 0.1) is 5.82 Å². The minimum atomic E-state index is -5.70. The van der Waals surface area contributed by atoms with Gasteiger partial charge in [-0.05, 0) is 24.3 Å². The number of alkyl halides is 5. The molecule has 0 N–H and O–H groups in total. The highest BCUT2D eigenvalue weighted by Crippen LogP contribution is 2.35. The first-order valence-corrected chi connectivity index (χ1v) is 5.85. The Kier molecular flexibility index (Phi) is 4.25. The van der Waals surface area contributed by atoms with Crippen LogP contribution < -0.4 is 4.74 Å². The van der Waals surface area contributed by atoms with Crippen LogP contribution in [0.2, 0.25) is 0 Å². The van der Waals surface area contributed by atoms with Gasteiger partial charge in [-0.25, -0.2) is 4.39 Å². The van der Waals surface area contributed by atoms with Crippen LogP contribution in [0.3, 0.4) is 0 Å². The SMILES string of the molecule is Fc1cccnc1-c1ccc(OCC(F)(F)C(F)(F)F)cn1. The van der Waals surface area contributed by atoms with E-state index < -0.39 is 24.5 Å². The van der Waals surface area contributed by atoms with E-state index in [0.717, 1.165) is 18.3 Å². The van der Waals surface area contributed by atoms with Crippen LogP contribution in [0.15, 0.2) is 36.7 Å². The second-order valence-corrected chi connectivity index (χ2v) is 4.20. The Morgan fingerprint density at radius 3 is 2.27 bits per heavy atom. The molecule has 0 aromatic carbocycles. The van der Waals surface area contributed by atoms with Gasteiger partial charge in [-0.15, -0.1) is 0 Å². The van der Waals surface area contributed by atoms with Crippen molar-refractivity contribution in [1.29, 1.82) is 0 Å². The van der Waals surface area contributed by atoms with Crippen LogP contribution in [0.25, 0.3) is 11.4 Å². The number of pyridine rings is 2. The molecule has 0 amide bonds. The Morgan fingerprint density at radius 1 is 1.00 bits per heavy atom. The zero-order valence-corrected chi connectivity index (χ0v) is 10.7. The molecule has 2 aromatic heterocycles. The van der Waals surface area contributed by atoms with Crippen molar-refractivity contribution < 1.29 is 31.1 Å². The van der Waals surface area contributed by atoms with Crippen LogP contribution >= 0.6 is 0 Å². The van der Waals surface area contributed by atoms with E-state index in [1.54, 1.807) is 0 Å². The van der Waals surface area contributed by atoms with Gasteiger partial charge in [-0.3, -0.25) is 9.97 Å². The normalized spacial score (nSPS) is 12.3. The van der Waals surface area contributed by atoms with Gasteiger partial charge in [0.2, 0.25) is 0 Å². The molecular formula is C13H8F6N2O. The van der Waals surface area contributed by atoms with Crippen molar-refractivity contribution in [2.24, 2.45) is 0 Å². The molecule has 0 saturated carbocycles. The lowest BCUT2D eigenvalue weighted by atomic mass is 10.2. The van der Waals surface area contributed by atoms with Crippen LogP contribution in [0.4, 0.5) is 26.3 Å². The van der Waals surface area contributed by atoms with Gasteiger partial charge < -0.3 is 4.74 Å². The van der Waals surface area contributed by atoms with E-state index in [2.05, 4.69) is 14.7 Å². The maximum Gasteiger partial charge on any atom is 0.456 e. The van der Waals surface area contributed by atoms with Crippen LogP contribution in [0.5, 0.6) is 5.75 Å². The van der Waals surface area contributed by atoms with E-state index in [9.17, 15) is 26.3 Å². The fraction of sp³-hybridized carbons (Fsp3) is 0.231. The molecule has 0 aliphatic carbocycles. The predicted molar refractivity (Wildman–Crippen MR) is 63.9 cm³/mol. The first-order chi connectivity index (χ1) is 10.2. The number of halogens is 6. The molecule has 9 heteroatoms. The minimum Gasteiger partial charge on any atom is -0.485 e. The third-order valence-corrected chi connectivity index (χ3v) is 2.57. The first kappa shape index (κ1) is 16.1. The molecule has 0 unspecified atom stereocenters. The predicted octanol–water partition coefficient (Wildman–Crippen LogP) is 3.86. The van der Waals surface area contributed by atoms with Gasteiger partial charge in [0.15, 0.2) is 12.4 Å². The largest absolute Gasteiger partial charge is 0.485 e. The molecule has 0 fully saturated rings. The number of nitrogens with zero attached hydrogens (tertiary/aromatic N) is 2. The van der Waals surface area contributed by atoms with Crippen molar-refractivity contribution in [3.8, 4) is 17.1 Å². The van der Waals surface area contributed by atoms with E-state index in [0.29, 0.717) is 0 Å². The number of rotatable bonds is 4. The number of ether oxygens (including phenoxy) is 1. The van der Waals surface area contributed by atoms with Gasteiger partial charge in [-0.2, -0.15) is 22.0 Å². The maximum atomic E-state index is 13.5. The molecule has 0 spiro atoms. The van der Waals surface area contributed by atoms with E-state index >= 15 is 0 Å². The smallest absolute Gasteiger partial charge is 0.456 e. The van der Waals surface area contributed by atoms with Gasteiger partial charge >= 0.3 is 12.1 Å².